The molecule has 6 amide bonds. The quantitative estimate of drug-likeness (QED) is 0.547. The molecule has 1 heterocycles. The number of carbonyl (C=O) groups is 3. The topological polar surface area (TPSA) is 106 Å². The van der Waals surface area contributed by atoms with Crippen LogP contribution >= 0.6 is 0 Å². The molecule has 1 aliphatic heterocycles. The average Bonchev–Trinajstić information content (AvgIpc) is 2.57. The molecular weight excluding hydrogens is 264 g/mol. The van der Waals surface area contributed by atoms with E-state index in [-0.39, 0.29) is 6.03 Å². The van der Waals surface area contributed by atoms with Crippen LogP contribution in [-0.4, -0.2) is 67.4 Å². The summed E-state index contributed by atoms with van der Waals surface area (Å²) in [6.07, 6.45) is -1.27. The average molecular weight is 286 g/mol. The zero-order valence-corrected chi connectivity index (χ0v) is 12.2. The Labute approximate surface area is 118 Å². The Morgan fingerprint density at radius 1 is 0.950 bits per heavy atom. The second-order valence-corrected chi connectivity index (χ2v) is 4.40. The van der Waals surface area contributed by atoms with E-state index in [1.54, 1.807) is 27.9 Å². The Kier molecular flexibility index (Phi) is 5.42. The monoisotopic (exact) mass is 286 g/mol. The van der Waals surface area contributed by atoms with Gasteiger partial charge in [0.05, 0.1) is 0 Å². The maximum atomic E-state index is 11.9. The first-order valence-electron chi connectivity index (χ1n) is 6.50. The summed E-state index contributed by atoms with van der Waals surface area (Å²) in [7, 11) is 3.13. The van der Waals surface area contributed by atoms with E-state index in [2.05, 4.69) is 21.3 Å². The van der Waals surface area contributed by atoms with Crippen molar-refractivity contribution < 1.29 is 14.4 Å². The van der Waals surface area contributed by atoms with Gasteiger partial charge in [-0.3, -0.25) is 0 Å². The third-order valence-electron chi connectivity index (χ3n) is 2.97. The number of hydrogen-bond acceptors (Lipinski definition) is 3. The molecular formula is C11H22N6O3. The lowest BCUT2D eigenvalue weighted by Crippen LogP contribution is -2.59. The molecule has 4 N–H and O–H groups in total. The predicted molar refractivity (Wildman–Crippen MR) is 72.9 cm³/mol. The maximum absolute atomic E-state index is 11.9. The molecule has 9 heteroatoms. The summed E-state index contributed by atoms with van der Waals surface area (Å²) in [6, 6.07) is -1.07. The fraction of sp³-hybridized carbons (Fsp3) is 0.727. The summed E-state index contributed by atoms with van der Waals surface area (Å²) in [5.41, 5.74) is 0. The van der Waals surface area contributed by atoms with Crippen molar-refractivity contribution in [1.82, 2.24) is 31.1 Å². The number of urea groups is 3. The van der Waals surface area contributed by atoms with Gasteiger partial charge in [-0.05, 0) is 13.8 Å². The van der Waals surface area contributed by atoms with Crippen molar-refractivity contribution in [3.63, 3.8) is 0 Å². The molecule has 20 heavy (non-hydrogen) atoms. The molecule has 0 bridgehead atoms. The SMILES string of the molecule is CCNC(=O)N[C@H]1[C@H](NC(=O)NCC)N(C)C(=O)N1C. The zero-order valence-electron chi connectivity index (χ0n) is 12.2. The Morgan fingerprint density at radius 2 is 1.30 bits per heavy atom. The molecule has 0 aromatic carbocycles. The molecule has 0 unspecified atom stereocenters. The summed E-state index contributed by atoms with van der Waals surface area (Å²) < 4.78 is 0. The van der Waals surface area contributed by atoms with Crippen molar-refractivity contribution in [3.8, 4) is 0 Å². The van der Waals surface area contributed by atoms with Gasteiger partial charge in [0.25, 0.3) is 0 Å². The van der Waals surface area contributed by atoms with Crippen LogP contribution in [0.4, 0.5) is 14.4 Å². The van der Waals surface area contributed by atoms with E-state index in [1.165, 1.54) is 9.80 Å². The highest BCUT2D eigenvalue weighted by molar-refractivity contribution is 5.82. The molecule has 0 aromatic heterocycles. The molecule has 0 radical (unpaired) electrons. The number of rotatable bonds is 4. The van der Waals surface area contributed by atoms with Crippen LogP contribution in [0.15, 0.2) is 0 Å². The van der Waals surface area contributed by atoms with E-state index >= 15 is 0 Å². The molecule has 9 nitrogen and oxygen atoms in total. The molecule has 2 atom stereocenters. The van der Waals surface area contributed by atoms with Crippen molar-refractivity contribution in [2.45, 2.75) is 26.2 Å². The minimum Gasteiger partial charge on any atom is -0.338 e. The van der Waals surface area contributed by atoms with Gasteiger partial charge in [0, 0.05) is 27.2 Å². The van der Waals surface area contributed by atoms with Crippen LogP contribution in [0.5, 0.6) is 0 Å². The standard InChI is InChI=1S/C11H22N6O3/c1-5-12-9(18)14-7-8(15-10(19)13-6-2)17(4)11(20)16(7)3/h7-8H,5-6H2,1-4H3,(H2,12,14,18)(H2,13,15,19)/t7-,8-/m1/s1. The van der Waals surface area contributed by atoms with Crippen LogP contribution in [0.25, 0.3) is 0 Å². The van der Waals surface area contributed by atoms with E-state index in [0.717, 1.165) is 0 Å². The van der Waals surface area contributed by atoms with Gasteiger partial charge in [0.2, 0.25) is 0 Å². The van der Waals surface area contributed by atoms with Gasteiger partial charge in [0.1, 0.15) is 12.3 Å². The van der Waals surface area contributed by atoms with E-state index < -0.39 is 24.4 Å². The van der Waals surface area contributed by atoms with Crippen LogP contribution < -0.4 is 21.3 Å². The van der Waals surface area contributed by atoms with E-state index in [0.29, 0.717) is 13.1 Å². The number of likely N-dealkylation sites (N-methyl/N-ethyl adjacent to an activating group) is 2. The third kappa shape index (κ3) is 3.43. The molecule has 114 valence electrons. The highest BCUT2D eigenvalue weighted by Gasteiger charge is 2.43. The van der Waals surface area contributed by atoms with Gasteiger partial charge in [-0.15, -0.1) is 0 Å². The molecule has 0 aromatic rings. The van der Waals surface area contributed by atoms with Crippen molar-refractivity contribution in [1.29, 1.82) is 0 Å². The molecule has 0 spiro atoms. The number of amides is 6. The highest BCUT2D eigenvalue weighted by Crippen LogP contribution is 2.15. The van der Waals surface area contributed by atoms with Crippen LogP contribution in [0.3, 0.4) is 0 Å². The fourth-order valence-electron chi connectivity index (χ4n) is 1.95. The van der Waals surface area contributed by atoms with Gasteiger partial charge in [-0.2, -0.15) is 0 Å². The first kappa shape index (κ1) is 15.9. The molecule has 0 saturated carbocycles. The van der Waals surface area contributed by atoms with Gasteiger partial charge in [-0.25, -0.2) is 14.4 Å². The third-order valence-corrected chi connectivity index (χ3v) is 2.97. The lowest BCUT2D eigenvalue weighted by atomic mass is 10.3. The Bertz CT molecular complexity index is 354. The fourth-order valence-corrected chi connectivity index (χ4v) is 1.95. The minimum absolute atomic E-state index is 0.284. The van der Waals surface area contributed by atoms with Crippen molar-refractivity contribution in [2.75, 3.05) is 27.2 Å². The van der Waals surface area contributed by atoms with Crippen LogP contribution in [0, 0.1) is 0 Å². The number of carbonyl (C=O) groups excluding carboxylic acids is 3. The minimum atomic E-state index is -0.637. The van der Waals surface area contributed by atoms with Crippen molar-refractivity contribution in [3.05, 3.63) is 0 Å². The normalized spacial score (nSPS) is 21.7. The second-order valence-electron chi connectivity index (χ2n) is 4.40. The smallest absolute Gasteiger partial charge is 0.323 e. The summed E-state index contributed by atoms with van der Waals surface area (Å²) in [5, 5.41) is 10.5. The first-order valence-corrected chi connectivity index (χ1v) is 6.50. The Balaban J connectivity index is 2.77. The Hall–Kier alpha value is -2.19. The maximum Gasteiger partial charge on any atom is 0.323 e. The number of hydrogen-bond donors (Lipinski definition) is 4. The van der Waals surface area contributed by atoms with Gasteiger partial charge in [-0.1, -0.05) is 0 Å². The molecule has 1 saturated heterocycles. The van der Waals surface area contributed by atoms with E-state index in [1.807, 2.05) is 0 Å². The highest BCUT2D eigenvalue weighted by atomic mass is 16.2. The van der Waals surface area contributed by atoms with E-state index in [4.69, 9.17) is 0 Å². The van der Waals surface area contributed by atoms with Crippen LogP contribution in [0.1, 0.15) is 13.8 Å². The molecule has 1 rings (SSSR count). The van der Waals surface area contributed by atoms with Crippen molar-refractivity contribution in [2.24, 2.45) is 0 Å². The molecule has 1 fully saturated rings. The van der Waals surface area contributed by atoms with Gasteiger partial charge < -0.3 is 31.1 Å². The molecule has 0 aliphatic carbocycles. The number of nitrogens with one attached hydrogen (secondary N) is 4. The summed E-state index contributed by atoms with van der Waals surface area (Å²) >= 11 is 0. The predicted octanol–water partition coefficient (Wildman–Crippen LogP) is -0.726. The van der Waals surface area contributed by atoms with Crippen molar-refractivity contribution >= 4 is 18.1 Å². The van der Waals surface area contributed by atoms with Gasteiger partial charge >= 0.3 is 18.1 Å². The van der Waals surface area contributed by atoms with Gasteiger partial charge in [0.15, 0.2) is 0 Å². The summed E-state index contributed by atoms with van der Waals surface area (Å²) in [6.45, 7) is 4.53. The second kappa shape index (κ2) is 6.83. The van der Waals surface area contributed by atoms with Crippen LogP contribution in [0.2, 0.25) is 0 Å². The Morgan fingerprint density at radius 3 is 1.60 bits per heavy atom. The molecule has 1 aliphatic rings. The largest absolute Gasteiger partial charge is 0.338 e. The first-order chi connectivity index (χ1) is 9.42. The summed E-state index contributed by atoms with van der Waals surface area (Å²) in [4.78, 5) is 37.9. The van der Waals surface area contributed by atoms with Crippen LogP contribution in [-0.2, 0) is 0 Å². The lowest BCUT2D eigenvalue weighted by molar-refractivity contribution is 0.194. The summed E-state index contributed by atoms with van der Waals surface area (Å²) in [5.74, 6) is 0. The van der Waals surface area contributed by atoms with E-state index in [9.17, 15) is 14.4 Å². The number of nitrogens with zero attached hydrogens (tertiary/aromatic N) is 2. The lowest BCUT2D eigenvalue weighted by Gasteiger charge is -2.26. The zero-order chi connectivity index (χ0) is 15.3.